The number of anilines is 1. The topological polar surface area (TPSA) is 131 Å². The third-order valence-electron chi connectivity index (χ3n) is 12.0. The first-order chi connectivity index (χ1) is 31.9. The first-order valence-corrected chi connectivity index (χ1v) is 24.6. The molecule has 4 atom stereocenters. The molecule has 11 nitrogen and oxygen atoms in total. The molecule has 9 rings (SSSR count). The van der Waals surface area contributed by atoms with Crippen molar-refractivity contribution in [1.29, 1.82) is 0 Å². The smallest absolute Gasteiger partial charge is 0.325 e. The fourth-order valence-electron chi connectivity index (χ4n) is 8.70. The van der Waals surface area contributed by atoms with Crippen molar-refractivity contribution in [2.45, 2.75) is 53.2 Å². The number of carbonyl (C=O) groups is 3. The summed E-state index contributed by atoms with van der Waals surface area (Å²) >= 11 is 4.31. The van der Waals surface area contributed by atoms with Gasteiger partial charge in [-0.05, 0) is 47.1 Å². The zero-order valence-corrected chi connectivity index (χ0v) is 38.2. The Morgan fingerprint density at radius 2 is 1.43 bits per heavy atom. The Hall–Kier alpha value is -5.93. The average Bonchev–Trinajstić information content (AvgIpc) is 3.84. The van der Waals surface area contributed by atoms with Crippen LogP contribution in [0.25, 0.3) is 0 Å². The third-order valence-corrected chi connectivity index (χ3v) is 16.0. The Kier molecular flexibility index (Phi) is 13.7. The van der Waals surface area contributed by atoms with Gasteiger partial charge in [-0.3, -0.25) is 14.4 Å². The van der Waals surface area contributed by atoms with Crippen molar-refractivity contribution in [2.75, 3.05) is 37.1 Å². The normalized spacial score (nSPS) is 20.9. The van der Waals surface area contributed by atoms with Crippen LogP contribution in [0.3, 0.4) is 0 Å². The van der Waals surface area contributed by atoms with Crippen molar-refractivity contribution in [3.63, 3.8) is 0 Å². The number of hydrogen-bond donors (Lipinski definition) is 2. The van der Waals surface area contributed by atoms with E-state index in [1.807, 2.05) is 115 Å². The molecule has 3 aliphatic heterocycles. The van der Waals surface area contributed by atoms with E-state index in [9.17, 15) is 14.4 Å². The molecule has 332 valence electrons. The fourth-order valence-corrected chi connectivity index (χ4v) is 12.5. The highest BCUT2D eigenvalue weighted by Crippen LogP contribution is 2.46. The van der Waals surface area contributed by atoms with Gasteiger partial charge in [0.1, 0.15) is 34.5 Å². The number of benzene rings is 5. The van der Waals surface area contributed by atoms with E-state index in [1.165, 1.54) is 42.0 Å². The molecule has 0 spiro atoms. The summed E-state index contributed by atoms with van der Waals surface area (Å²) in [7, 11) is 1.37. The number of rotatable bonds is 16. The molecule has 5 aromatic carbocycles. The molecule has 1 aromatic heterocycles. The van der Waals surface area contributed by atoms with E-state index in [0.717, 1.165) is 47.1 Å². The molecular formula is C51H49N5O6S3. The lowest BCUT2D eigenvalue weighted by Crippen LogP contribution is -2.75. The fraction of sp³-hybridized carbons (Fsp3) is 0.275. The molecule has 14 heteroatoms. The lowest BCUT2D eigenvalue weighted by molar-refractivity contribution is -0.155. The Balaban J connectivity index is 0.937. The van der Waals surface area contributed by atoms with Crippen LogP contribution in [0.4, 0.5) is 5.13 Å². The summed E-state index contributed by atoms with van der Waals surface area (Å²) in [6.07, 6.45) is 2.37. The number of esters is 1. The van der Waals surface area contributed by atoms with E-state index in [2.05, 4.69) is 52.2 Å². The molecule has 3 saturated heterocycles. The quantitative estimate of drug-likeness (QED) is 0.0320. The van der Waals surface area contributed by atoms with E-state index in [1.54, 1.807) is 10.3 Å². The number of carbonyl (C=O) groups excluding carboxylic acids is 3. The molecule has 3 fully saturated rings. The largest absolute Gasteiger partial charge is 0.451 e. The summed E-state index contributed by atoms with van der Waals surface area (Å²) < 4.78 is 11.5. The third kappa shape index (κ3) is 9.31. The van der Waals surface area contributed by atoms with Gasteiger partial charge in [0.05, 0.1) is 6.10 Å². The predicted octanol–water partition coefficient (Wildman–Crippen LogP) is 8.67. The summed E-state index contributed by atoms with van der Waals surface area (Å²) in [5, 5.41) is 12.7. The Bertz CT molecular complexity index is 2450. The van der Waals surface area contributed by atoms with Crippen LogP contribution in [0, 0.1) is 0 Å². The second-order valence-electron chi connectivity index (χ2n) is 16.2. The minimum Gasteiger partial charge on any atom is -0.451 e. The Morgan fingerprint density at radius 3 is 1.97 bits per heavy atom. The molecule has 65 heavy (non-hydrogen) atoms. The lowest BCUT2D eigenvalue weighted by atomic mass is 9.77. The van der Waals surface area contributed by atoms with Gasteiger partial charge in [0.2, 0.25) is 5.91 Å². The minimum absolute atomic E-state index is 0.00526. The second-order valence-corrected chi connectivity index (χ2v) is 19.5. The van der Waals surface area contributed by atoms with E-state index in [-0.39, 0.29) is 35.9 Å². The molecule has 3 aliphatic rings. The molecule has 0 aliphatic carbocycles. The van der Waals surface area contributed by atoms with Crippen molar-refractivity contribution in [1.82, 2.24) is 15.2 Å². The number of fused-ring (bicyclic) bond motifs is 1. The number of β-lactam (4-membered cyclic amide) rings is 1. The summed E-state index contributed by atoms with van der Waals surface area (Å²) in [4.78, 5) is 54.8. The monoisotopic (exact) mass is 923 g/mol. The first-order valence-electron chi connectivity index (χ1n) is 21.7. The van der Waals surface area contributed by atoms with Gasteiger partial charge in [-0.1, -0.05) is 157 Å². The molecule has 3 unspecified atom stereocenters. The second kappa shape index (κ2) is 20.1. The number of hydrogen-bond acceptors (Lipinski definition) is 12. The first kappa shape index (κ1) is 44.3. The van der Waals surface area contributed by atoms with E-state index < -0.39 is 33.7 Å². The summed E-state index contributed by atoms with van der Waals surface area (Å²) in [6, 6.07) is 49.1. The molecule has 2 N–H and O–H groups in total. The minimum atomic E-state index is -1.07. The van der Waals surface area contributed by atoms with Gasteiger partial charge in [-0.15, -0.1) is 34.9 Å². The maximum Gasteiger partial charge on any atom is 0.325 e. The molecule has 0 bridgehead atoms. The maximum atomic E-state index is 14.7. The number of nitrogens with one attached hydrogen (secondary N) is 2. The van der Waals surface area contributed by atoms with Crippen LogP contribution in [0.5, 0.6) is 0 Å². The highest BCUT2D eigenvalue weighted by molar-refractivity contribution is 8.05. The number of thiazole rings is 1. The van der Waals surface area contributed by atoms with E-state index in [0.29, 0.717) is 23.2 Å². The maximum absolute atomic E-state index is 14.7. The van der Waals surface area contributed by atoms with Crippen LogP contribution < -0.4 is 10.6 Å². The van der Waals surface area contributed by atoms with Crippen molar-refractivity contribution in [2.24, 2.45) is 5.16 Å². The van der Waals surface area contributed by atoms with Crippen LogP contribution >= 0.6 is 34.9 Å². The standard InChI is InChI=1S/C51H49N5O6S3/c1-60-55-42(41-32-63-49(52-41)54-51(37-23-11-4-12-24-37,38-25-13-5-14-26-38)39-27-15-6-16-28-39)45(57)53-43-46(58)56-33-50(34-64-47(43)56,65-31-40-29-17-18-30-61-40)48(59)62-44(35-19-7-2-8-20-35)36-21-9-3-10-22-36/h2-16,19-28,32,40,43-44,47H,17-18,29-31,33-34H2,1H3,(H,52,54)(H,53,57)/t40?,43?,47-,50?/m1/s1. The molecule has 4 heterocycles. The van der Waals surface area contributed by atoms with Gasteiger partial charge in [0.25, 0.3) is 5.91 Å². The number of aromatic nitrogens is 1. The Labute approximate surface area is 391 Å². The van der Waals surface area contributed by atoms with Crippen LogP contribution in [0.15, 0.2) is 162 Å². The van der Waals surface area contributed by atoms with Crippen molar-refractivity contribution < 1.29 is 28.7 Å². The SMILES string of the molecule is CON=C(C(=O)NC1C(=O)N2CC(SCC3CCCCO3)(C(=O)OC(c3ccccc3)c3ccccc3)CS[C@H]12)c1csc(NC(c2ccccc2)(c2ccccc2)c2ccccc2)n1. The number of thioether (sulfide) groups is 2. The molecule has 0 radical (unpaired) electrons. The van der Waals surface area contributed by atoms with Crippen LogP contribution in [0.1, 0.15) is 58.9 Å². The molecule has 6 aromatic rings. The van der Waals surface area contributed by atoms with Crippen molar-refractivity contribution >= 4 is 63.5 Å². The number of nitrogens with zero attached hydrogens (tertiary/aromatic N) is 3. The predicted molar refractivity (Wildman–Crippen MR) is 258 cm³/mol. The van der Waals surface area contributed by atoms with Gasteiger partial charge in [0, 0.05) is 30.0 Å². The van der Waals surface area contributed by atoms with Crippen LogP contribution in [-0.2, 0) is 34.2 Å². The van der Waals surface area contributed by atoms with Crippen LogP contribution in [0.2, 0.25) is 0 Å². The highest BCUT2D eigenvalue weighted by atomic mass is 32.2. The number of ether oxygens (including phenoxy) is 2. The van der Waals surface area contributed by atoms with Crippen molar-refractivity contribution in [3.05, 3.63) is 191 Å². The molecule has 0 saturated carbocycles. The van der Waals surface area contributed by atoms with Gasteiger partial charge >= 0.3 is 5.97 Å². The zero-order chi connectivity index (χ0) is 44.6. The van der Waals surface area contributed by atoms with Gasteiger partial charge in [-0.25, -0.2) is 4.98 Å². The van der Waals surface area contributed by atoms with Gasteiger partial charge < -0.3 is 29.8 Å². The molecule has 2 amide bonds. The Morgan fingerprint density at radius 1 is 0.862 bits per heavy atom. The zero-order valence-electron chi connectivity index (χ0n) is 35.8. The highest BCUT2D eigenvalue weighted by Gasteiger charge is 2.59. The molecular weight excluding hydrogens is 875 g/mol. The summed E-state index contributed by atoms with van der Waals surface area (Å²) in [5.74, 6) is -0.321. The van der Waals surface area contributed by atoms with Crippen LogP contribution in [-0.4, -0.2) is 87.4 Å². The average molecular weight is 924 g/mol. The lowest BCUT2D eigenvalue weighted by Gasteiger charge is -2.54. The van der Waals surface area contributed by atoms with E-state index in [4.69, 9.17) is 19.3 Å². The number of amides is 2. The van der Waals surface area contributed by atoms with Gasteiger partial charge in [-0.2, -0.15) is 0 Å². The summed E-state index contributed by atoms with van der Waals surface area (Å²) in [5.41, 5.74) is 4.09. The number of oxime groups is 1. The van der Waals surface area contributed by atoms with Gasteiger partial charge in [0.15, 0.2) is 16.9 Å². The van der Waals surface area contributed by atoms with Crippen molar-refractivity contribution in [3.8, 4) is 0 Å². The van der Waals surface area contributed by atoms with E-state index >= 15 is 0 Å². The summed E-state index contributed by atoms with van der Waals surface area (Å²) in [6.45, 7) is 0.826.